The second-order valence-electron chi connectivity index (χ2n) is 3.89. The third-order valence-electron chi connectivity index (χ3n) is 2.42. The van der Waals surface area contributed by atoms with E-state index in [4.69, 9.17) is 10.00 Å². The fourth-order valence-electron chi connectivity index (χ4n) is 1.62. The molecule has 0 heterocycles. The van der Waals surface area contributed by atoms with Crippen molar-refractivity contribution in [3.05, 3.63) is 28.8 Å². The van der Waals surface area contributed by atoms with Gasteiger partial charge in [0.05, 0.1) is 24.7 Å². The van der Waals surface area contributed by atoms with Gasteiger partial charge in [-0.3, -0.25) is 4.79 Å². The van der Waals surface area contributed by atoms with E-state index in [1.807, 2.05) is 6.07 Å². The van der Waals surface area contributed by atoms with Crippen LogP contribution in [0.2, 0.25) is 0 Å². The van der Waals surface area contributed by atoms with E-state index in [-0.39, 0.29) is 40.6 Å². The first kappa shape index (κ1) is 17.9. The van der Waals surface area contributed by atoms with E-state index in [2.05, 4.69) is 15.9 Å². The van der Waals surface area contributed by atoms with Crippen molar-refractivity contribution in [1.82, 2.24) is 0 Å². The lowest BCUT2D eigenvalue weighted by Gasteiger charge is -2.13. The van der Waals surface area contributed by atoms with Gasteiger partial charge in [-0.15, -0.1) is 0 Å². The van der Waals surface area contributed by atoms with Crippen LogP contribution in [0.1, 0.15) is 23.6 Å². The minimum Gasteiger partial charge on any atom is -0.466 e. The van der Waals surface area contributed by atoms with Gasteiger partial charge >= 0.3 is 11.5 Å². The molecule has 0 unspecified atom stereocenters. The van der Waals surface area contributed by atoms with Gasteiger partial charge in [0.15, 0.2) is 0 Å². The number of esters is 1. The molecule has 0 spiro atoms. The average Bonchev–Trinajstić information content (AvgIpc) is 2.38. The molecule has 21 heavy (non-hydrogen) atoms. The topological polar surface area (TPSA) is 50.1 Å². The number of carbonyl (C=O) groups is 1. The highest BCUT2D eigenvalue weighted by molar-refractivity contribution is 9.08. The minimum atomic E-state index is -4.44. The Kier molecular flexibility index (Phi) is 6.55. The first-order chi connectivity index (χ1) is 9.80. The van der Waals surface area contributed by atoms with Gasteiger partial charge in [0, 0.05) is 10.2 Å². The van der Waals surface area contributed by atoms with Crippen LogP contribution < -0.4 is 0 Å². The summed E-state index contributed by atoms with van der Waals surface area (Å²) in [4.78, 5) is 11.4. The molecule has 0 aliphatic heterocycles. The Labute approximate surface area is 132 Å². The number of nitriles is 1. The van der Waals surface area contributed by atoms with Gasteiger partial charge in [-0.2, -0.15) is 18.4 Å². The fraction of sp³-hybridized carbons (Fsp3) is 0.385. The summed E-state index contributed by atoms with van der Waals surface area (Å²) in [5.74, 6) is -0.522. The molecule has 0 radical (unpaired) electrons. The van der Waals surface area contributed by atoms with Gasteiger partial charge in [-0.25, -0.2) is 0 Å². The Hall–Kier alpha value is -1.20. The number of thioether (sulfide) groups is 1. The first-order valence-electron chi connectivity index (χ1n) is 5.84. The predicted molar refractivity (Wildman–Crippen MR) is 76.0 cm³/mol. The van der Waals surface area contributed by atoms with Crippen molar-refractivity contribution in [2.24, 2.45) is 0 Å². The number of carbonyl (C=O) groups excluding carboxylic acids is 1. The molecule has 0 saturated carbocycles. The summed E-state index contributed by atoms with van der Waals surface area (Å²) in [6.45, 7) is 1.85. The fourth-order valence-corrected chi connectivity index (χ4v) is 2.96. The number of halogens is 4. The number of hydrogen-bond acceptors (Lipinski definition) is 4. The minimum absolute atomic E-state index is 0.0412. The first-order valence-corrected chi connectivity index (χ1v) is 7.77. The molecule has 0 aliphatic rings. The summed E-state index contributed by atoms with van der Waals surface area (Å²) >= 11 is 2.84. The molecule has 1 aromatic rings. The molecule has 0 aliphatic carbocycles. The smallest absolute Gasteiger partial charge is 0.446 e. The molecule has 8 heteroatoms. The number of ether oxygens (including phenoxy) is 1. The molecule has 3 nitrogen and oxygen atoms in total. The highest BCUT2D eigenvalue weighted by Gasteiger charge is 2.31. The van der Waals surface area contributed by atoms with Gasteiger partial charge < -0.3 is 4.74 Å². The van der Waals surface area contributed by atoms with Crippen LogP contribution in [0.15, 0.2) is 17.0 Å². The van der Waals surface area contributed by atoms with Gasteiger partial charge in [-0.1, -0.05) is 22.0 Å². The van der Waals surface area contributed by atoms with Gasteiger partial charge in [0.2, 0.25) is 0 Å². The number of nitrogens with zero attached hydrogens (tertiary/aromatic N) is 1. The van der Waals surface area contributed by atoms with E-state index in [0.717, 1.165) is 6.07 Å². The summed E-state index contributed by atoms with van der Waals surface area (Å²) in [7, 11) is 0. The second kappa shape index (κ2) is 7.71. The van der Waals surface area contributed by atoms with Crippen LogP contribution in [-0.4, -0.2) is 18.1 Å². The summed E-state index contributed by atoms with van der Waals surface area (Å²) < 4.78 is 42.3. The molecule has 0 fully saturated rings. The van der Waals surface area contributed by atoms with Crippen molar-refractivity contribution in [2.45, 2.75) is 29.1 Å². The molecule has 0 atom stereocenters. The third-order valence-corrected chi connectivity index (χ3v) is 3.85. The zero-order valence-electron chi connectivity index (χ0n) is 11.0. The maximum Gasteiger partial charge on any atom is 0.446 e. The maximum absolute atomic E-state index is 12.5. The van der Waals surface area contributed by atoms with Crippen LogP contribution in [0.5, 0.6) is 0 Å². The van der Waals surface area contributed by atoms with E-state index >= 15 is 0 Å². The van der Waals surface area contributed by atoms with Crippen molar-refractivity contribution in [3.63, 3.8) is 0 Å². The van der Waals surface area contributed by atoms with Gasteiger partial charge in [0.25, 0.3) is 0 Å². The lowest BCUT2D eigenvalue weighted by Crippen LogP contribution is -2.10. The van der Waals surface area contributed by atoms with Crippen LogP contribution in [0.3, 0.4) is 0 Å². The Morgan fingerprint density at radius 1 is 1.43 bits per heavy atom. The molecule has 1 aromatic carbocycles. The van der Waals surface area contributed by atoms with E-state index in [1.54, 1.807) is 6.92 Å². The molecule has 0 N–H and O–H groups in total. The lowest BCUT2D eigenvalue weighted by molar-refractivity contribution is -0.142. The highest BCUT2D eigenvalue weighted by atomic mass is 79.9. The van der Waals surface area contributed by atoms with Crippen molar-refractivity contribution >= 4 is 33.7 Å². The third kappa shape index (κ3) is 5.59. The zero-order chi connectivity index (χ0) is 16.0. The number of benzene rings is 1. The number of alkyl halides is 4. The standard InChI is InChI=1S/C13H11BrF3NO2S/c1-2-20-12(19)5-8-3-9(6-14)11(4-10(8)7-18)21-13(15,16)17/h3-4H,2,5-6H2,1H3. The van der Waals surface area contributed by atoms with Crippen LogP contribution in [0, 0.1) is 11.3 Å². The highest BCUT2D eigenvalue weighted by Crippen LogP contribution is 2.40. The van der Waals surface area contributed by atoms with Crippen LogP contribution in [0.25, 0.3) is 0 Å². The average molecular weight is 382 g/mol. The van der Waals surface area contributed by atoms with Crippen LogP contribution >= 0.6 is 27.7 Å². The Morgan fingerprint density at radius 2 is 2.10 bits per heavy atom. The molecular weight excluding hydrogens is 371 g/mol. The van der Waals surface area contributed by atoms with Gasteiger partial charge in [0.1, 0.15) is 0 Å². The summed E-state index contributed by atoms with van der Waals surface area (Å²) in [5, 5.41) is 9.23. The monoisotopic (exact) mass is 381 g/mol. The normalized spacial score (nSPS) is 11.0. The Bertz CT molecular complexity index is 570. The maximum atomic E-state index is 12.5. The SMILES string of the molecule is CCOC(=O)Cc1cc(CBr)c(SC(F)(F)F)cc1C#N. The van der Waals surface area contributed by atoms with E-state index in [1.165, 1.54) is 6.07 Å². The molecule has 1 rings (SSSR count). The van der Waals surface area contributed by atoms with Crippen molar-refractivity contribution in [1.29, 1.82) is 5.26 Å². The quantitative estimate of drug-likeness (QED) is 0.436. The molecule has 0 saturated heterocycles. The Morgan fingerprint density at radius 3 is 2.57 bits per heavy atom. The summed E-state index contributed by atoms with van der Waals surface area (Å²) in [6, 6.07) is 4.40. The predicted octanol–water partition coefficient (Wildman–Crippen LogP) is 4.17. The van der Waals surface area contributed by atoms with Gasteiger partial charge in [-0.05, 0) is 35.9 Å². The van der Waals surface area contributed by atoms with Crippen molar-refractivity contribution in [3.8, 4) is 6.07 Å². The molecule has 114 valence electrons. The largest absolute Gasteiger partial charge is 0.466 e. The Balaban J connectivity index is 3.17. The number of hydrogen-bond donors (Lipinski definition) is 0. The van der Waals surface area contributed by atoms with Crippen molar-refractivity contribution < 1.29 is 22.7 Å². The molecule has 0 aromatic heterocycles. The van der Waals surface area contributed by atoms with Crippen molar-refractivity contribution in [2.75, 3.05) is 6.61 Å². The zero-order valence-corrected chi connectivity index (χ0v) is 13.4. The summed E-state index contributed by atoms with van der Waals surface area (Å²) in [5.41, 5.74) is -3.67. The van der Waals surface area contributed by atoms with E-state index in [0.29, 0.717) is 11.1 Å². The van der Waals surface area contributed by atoms with Crippen LogP contribution in [0.4, 0.5) is 13.2 Å². The molecular formula is C13H11BrF3NO2S. The lowest BCUT2D eigenvalue weighted by atomic mass is 10.0. The van der Waals surface area contributed by atoms with Crippen LogP contribution in [-0.2, 0) is 21.3 Å². The summed E-state index contributed by atoms with van der Waals surface area (Å²) in [6.07, 6.45) is -0.145. The molecule has 0 amide bonds. The molecule has 0 bridgehead atoms. The van der Waals surface area contributed by atoms with E-state index in [9.17, 15) is 18.0 Å². The van der Waals surface area contributed by atoms with E-state index < -0.39 is 11.5 Å². The number of rotatable bonds is 5. The second-order valence-corrected chi connectivity index (χ2v) is 5.56.